The first kappa shape index (κ1) is 21.8. The summed E-state index contributed by atoms with van der Waals surface area (Å²) in [6.07, 6.45) is 4.52. The van der Waals surface area contributed by atoms with Crippen molar-refractivity contribution in [3.8, 4) is 5.75 Å². The maximum Gasteiger partial charge on any atom is 0.311 e. The smallest absolute Gasteiger partial charge is 0.311 e. The number of aliphatic hydroxyl groups excluding tert-OH is 1. The average molecular weight is 441 g/mol. The summed E-state index contributed by atoms with van der Waals surface area (Å²) >= 11 is 0. The molecule has 0 unspecified atom stereocenters. The number of aliphatic hydroxyl groups is 1. The third-order valence-electron chi connectivity index (χ3n) is 8.82. The molecule has 0 radical (unpaired) electrons. The second-order valence-electron chi connectivity index (χ2n) is 10.3. The maximum absolute atomic E-state index is 12.9. The Labute approximate surface area is 191 Å². The van der Waals surface area contributed by atoms with Gasteiger partial charge in [-0.15, -0.1) is 0 Å². The highest BCUT2D eigenvalue weighted by atomic mass is 16.6. The number of hydrogen-bond acceptors (Lipinski definition) is 6. The van der Waals surface area contributed by atoms with E-state index < -0.39 is 6.10 Å². The molecule has 4 aliphatic rings. The lowest BCUT2D eigenvalue weighted by atomic mass is 9.55. The molecule has 1 aromatic rings. The van der Waals surface area contributed by atoms with Gasteiger partial charge in [-0.25, -0.2) is 0 Å². The van der Waals surface area contributed by atoms with Crippen LogP contribution < -0.4 is 9.64 Å². The first-order valence-electron chi connectivity index (χ1n) is 12.1. The molecule has 174 valence electrons. The number of ether oxygens (including phenoxy) is 2. The minimum Gasteiger partial charge on any atom is -0.495 e. The van der Waals surface area contributed by atoms with E-state index in [-0.39, 0.29) is 29.3 Å². The van der Waals surface area contributed by atoms with E-state index in [0.29, 0.717) is 12.5 Å². The van der Waals surface area contributed by atoms with E-state index in [9.17, 15) is 9.90 Å². The number of anilines is 1. The Morgan fingerprint density at radius 2 is 1.97 bits per heavy atom. The SMILES string of the molecule is COc1ccccc1N1CCN(C[C@H]2C(=O)O[C@@H]3CC4=CCC[C@@H](C)[C@@]4(C)[C@@H](O)[C@@H]32)CC1. The Kier molecular flexibility index (Phi) is 5.70. The maximum atomic E-state index is 12.9. The molecule has 1 aromatic carbocycles. The zero-order chi connectivity index (χ0) is 22.5. The summed E-state index contributed by atoms with van der Waals surface area (Å²) in [5, 5.41) is 11.6. The Morgan fingerprint density at radius 1 is 1.22 bits per heavy atom. The topological polar surface area (TPSA) is 62.2 Å². The third-order valence-corrected chi connectivity index (χ3v) is 8.82. The highest BCUT2D eigenvalue weighted by Gasteiger charge is 2.59. The van der Waals surface area contributed by atoms with E-state index in [1.54, 1.807) is 7.11 Å². The lowest BCUT2D eigenvalue weighted by Crippen LogP contribution is -2.55. The number of rotatable bonds is 4. The van der Waals surface area contributed by atoms with Crippen molar-refractivity contribution in [3.63, 3.8) is 0 Å². The molecule has 2 heterocycles. The van der Waals surface area contributed by atoms with Gasteiger partial charge in [0.15, 0.2) is 0 Å². The zero-order valence-electron chi connectivity index (χ0n) is 19.5. The van der Waals surface area contributed by atoms with Gasteiger partial charge in [-0.3, -0.25) is 9.69 Å². The molecule has 0 spiro atoms. The Morgan fingerprint density at radius 3 is 2.72 bits per heavy atom. The third kappa shape index (κ3) is 3.43. The highest BCUT2D eigenvalue weighted by molar-refractivity contribution is 5.76. The van der Waals surface area contributed by atoms with Crippen molar-refractivity contribution < 1.29 is 19.4 Å². The molecule has 0 bridgehead atoms. The lowest BCUT2D eigenvalue weighted by Gasteiger charge is -2.52. The quantitative estimate of drug-likeness (QED) is 0.574. The Bertz CT molecular complexity index is 894. The molecular formula is C26H36N2O4. The molecule has 1 N–H and O–H groups in total. The average Bonchev–Trinajstić information content (AvgIpc) is 3.11. The number of benzene rings is 1. The van der Waals surface area contributed by atoms with Crippen LogP contribution in [0, 0.1) is 23.2 Å². The van der Waals surface area contributed by atoms with Crippen LogP contribution in [0.15, 0.2) is 35.9 Å². The molecule has 0 amide bonds. The summed E-state index contributed by atoms with van der Waals surface area (Å²) in [5.41, 5.74) is 2.17. The van der Waals surface area contributed by atoms with Gasteiger partial charge >= 0.3 is 5.97 Å². The Balaban J connectivity index is 1.28. The number of methoxy groups -OCH3 is 1. The number of carbonyl (C=O) groups excluding carboxylic acids is 1. The number of fused-ring (bicyclic) bond motifs is 2. The molecule has 6 heteroatoms. The number of nitrogens with zero attached hydrogens (tertiary/aromatic N) is 2. The Hall–Kier alpha value is -2.05. The normalized spacial score (nSPS) is 37.4. The van der Waals surface area contributed by atoms with E-state index in [2.05, 4.69) is 35.8 Å². The van der Waals surface area contributed by atoms with E-state index in [1.807, 2.05) is 18.2 Å². The minimum absolute atomic E-state index is 0.113. The summed E-state index contributed by atoms with van der Waals surface area (Å²) in [4.78, 5) is 17.6. The highest BCUT2D eigenvalue weighted by Crippen LogP contribution is 2.56. The van der Waals surface area contributed by atoms with E-state index in [4.69, 9.17) is 9.47 Å². The summed E-state index contributed by atoms with van der Waals surface area (Å²) in [5.74, 6) is 0.825. The van der Waals surface area contributed by atoms with Gasteiger partial charge in [0.1, 0.15) is 11.9 Å². The van der Waals surface area contributed by atoms with Crippen molar-refractivity contribution in [1.82, 2.24) is 4.90 Å². The van der Waals surface area contributed by atoms with Gasteiger partial charge < -0.3 is 19.5 Å². The first-order chi connectivity index (χ1) is 15.4. The van der Waals surface area contributed by atoms with Crippen LogP contribution >= 0.6 is 0 Å². The summed E-state index contributed by atoms with van der Waals surface area (Å²) in [7, 11) is 1.71. The van der Waals surface area contributed by atoms with Gasteiger partial charge in [0, 0.05) is 50.5 Å². The number of allylic oxidation sites excluding steroid dienone is 1. The van der Waals surface area contributed by atoms with Crippen LogP contribution in [0.5, 0.6) is 5.75 Å². The van der Waals surface area contributed by atoms with Crippen LogP contribution in [0.2, 0.25) is 0 Å². The molecule has 6 atom stereocenters. The van der Waals surface area contributed by atoms with Crippen molar-refractivity contribution in [2.45, 2.75) is 45.3 Å². The van der Waals surface area contributed by atoms with Crippen molar-refractivity contribution >= 4 is 11.7 Å². The molecule has 5 rings (SSSR count). The second-order valence-corrected chi connectivity index (χ2v) is 10.3. The molecular weight excluding hydrogens is 404 g/mol. The molecule has 2 aliphatic carbocycles. The summed E-state index contributed by atoms with van der Waals surface area (Å²) < 4.78 is 11.4. The van der Waals surface area contributed by atoms with E-state index in [0.717, 1.165) is 56.9 Å². The van der Waals surface area contributed by atoms with Gasteiger partial charge in [-0.05, 0) is 30.9 Å². The van der Waals surface area contributed by atoms with Gasteiger partial charge in [0.2, 0.25) is 0 Å². The van der Waals surface area contributed by atoms with Crippen molar-refractivity contribution in [1.29, 1.82) is 0 Å². The standard InChI is InChI=1S/C26H36N2O4/c1-17-7-6-8-18-15-22-23(24(29)26(17,18)2)19(25(30)32-22)16-27-11-13-28(14-12-27)20-9-4-5-10-21(20)31-3/h4-5,8-10,17,19,22-24,29H,6-7,11-16H2,1-3H3/t17-,19-,22-,23-,24+,26-/m1/s1. The number of carbonyl (C=O) groups is 1. The van der Waals surface area contributed by atoms with Crippen LogP contribution in [0.4, 0.5) is 5.69 Å². The van der Waals surface area contributed by atoms with Gasteiger partial charge in [0.05, 0.1) is 24.8 Å². The monoisotopic (exact) mass is 440 g/mol. The van der Waals surface area contributed by atoms with Gasteiger partial charge in [0.25, 0.3) is 0 Å². The van der Waals surface area contributed by atoms with Crippen LogP contribution in [0.1, 0.15) is 33.1 Å². The predicted octanol–water partition coefficient (Wildman–Crippen LogP) is 3.10. The van der Waals surface area contributed by atoms with Crippen molar-refractivity contribution in [2.75, 3.05) is 44.7 Å². The van der Waals surface area contributed by atoms with Crippen molar-refractivity contribution in [2.24, 2.45) is 23.2 Å². The van der Waals surface area contributed by atoms with E-state index >= 15 is 0 Å². The molecule has 2 saturated heterocycles. The minimum atomic E-state index is -0.533. The molecule has 1 saturated carbocycles. The molecule has 3 fully saturated rings. The first-order valence-corrected chi connectivity index (χ1v) is 12.1. The molecule has 6 nitrogen and oxygen atoms in total. The number of hydrogen-bond donors (Lipinski definition) is 1. The van der Waals surface area contributed by atoms with E-state index in [1.165, 1.54) is 5.57 Å². The van der Waals surface area contributed by atoms with Gasteiger partial charge in [-0.2, -0.15) is 0 Å². The van der Waals surface area contributed by atoms with Crippen LogP contribution in [0.3, 0.4) is 0 Å². The largest absolute Gasteiger partial charge is 0.495 e. The summed E-state index contributed by atoms with van der Waals surface area (Å²) in [6.45, 7) is 8.67. The summed E-state index contributed by atoms with van der Waals surface area (Å²) in [6, 6.07) is 8.13. The second kappa shape index (κ2) is 8.38. The fourth-order valence-electron chi connectivity index (χ4n) is 6.61. The molecule has 2 aliphatic heterocycles. The number of para-hydroxylation sites is 2. The van der Waals surface area contributed by atoms with Gasteiger partial charge in [-0.1, -0.05) is 37.6 Å². The van der Waals surface area contributed by atoms with Crippen molar-refractivity contribution in [3.05, 3.63) is 35.9 Å². The zero-order valence-corrected chi connectivity index (χ0v) is 19.5. The van der Waals surface area contributed by atoms with Crippen LogP contribution in [0.25, 0.3) is 0 Å². The van der Waals surface area contributed by atoms with Crippen LogP contribution in [-0.4, -0.2) is 68.0 Å². The number of piperazine rings is 1. The predicted molar refractivity (Wildman–Crippen MR) is 124 cm³/mol. The fourth-order valence-corrected chi connectivity index (χ4v) is 6.61. The van der Waals surface area contributed by atoms with Crippen LogP contribution in [-0.2, 0) is 9.53 Å². The molecule has 0 aromatic heterocycles. The fraction of sp³-hybridized carbons (Fsp3) is 0.654. The molecule has 32 heavy (non-hydrogen) atoms. The lowest BCUT2D eigenvalue weighted by molar-refractivity contribution is -0.145. The number of esters is 1.